The van der Waals surface area contributed by atoms with Crippen LogP contribution in [0.5, 0.6) is 0 Å². The van der Waals surface area contributed by atoms with Gasteiger partial charge < -0.3 is 10.4 Å². The topological polar surface area (TPSA) is 49.3 Å². The maximum absolute atomic E-state index is 11.0. The van der Waals surface area contributed by atoms with E-state index in [0.717, 1.165) is 38.1 Å². The molecule has 2 N–H and O–H groups in total. The first kappa shape index (κ1) is 12.9. The maximum Gasteiger partial charge on any atom is 0.306 e. The Morgan fingerprint density at radius 2 is 1.82 bits per heavy atom. The summed E-state index contributed by atoms with van der Waals surface area (Å²) in [5, 5.41) is 12.7. The van der Waals surface area contributed by atoms with E-state index in [9.17, 15) is 4.79 Å². The molecule has 0 amide bonds. The van der Waals surface area contributed by atoms with E-state index in [1.807, 2.05) is 0 Å². The monoisotopic (exact) mass is 239 g/mol. The largest absolute Gasteiger partial charge is 0.481 e. The normalized spacial score (nSPS) is 31.3. The lowest BCUT2D eigenvalue weighted by Crippen LogP contribution is -2.39. The standard InChI is InChI=1S/C14H25NO2/c16-14(17)12-7-4-8-13(9-12)15-10-11-5-2-1-3-6-11/h11-13,15H,1-10H2,(H,16,17). The molecule has 0 aromatic rings. The molecule has 3 nitrogen and oxygen atoms in total. The van der Waals surface area contributed by atoms with Crippen LogP contribution in [-0.4, -0.2) is 23.7 Å². The van der Waals surface area contributed by atoms with Gasteiger partial charge in [0.2, 0.25) is 0 Å². The van der Waals surface area contributed by atoms with Gasteiger partial charge >= 0.3 is 5.97 Å². The van der Waals surface area contributed by atoms with Crippen LogP contribution < -0.4 is 5.32 Å². The Kier molecular flexibility index (Phi) is 4.84. The second kappa shape index (κ2) is 6.39. The van der Waals surface area contributed by atoms with Gasteiger partial charge in [0, 0.05) is 6.04 Å². The fourth-order valence-corrected chi connectivity index (χ4v) is 3.32. The van der Waals surface area contributed by atoms with E-state index >= 15 is 0 Å². The first-order chi connectivity index (χ1) is 8.25. The first-order valence-electron chi connectivity index (χ1n) is 7.22. The number of hydrogen-bond donors (Lipinski definition) is 2. The van der Waals surface area contributed by atoms with E-state index in [-0.39, 0.29) is 5.92 Å². The molecule has 2 aliphatic rings. The van der Waals surface area contributed by atoms with Crippen molar-refractivity contribution in [1.29, 1.82) is 0 Å². The molecule has 98 valence electrons. The molecule has 2 unspecified atom stereocenters. The van der Waals surface area contributed by atoms with Crippen molar-refractivity contribution in [1.82, 2.24) is 5.32 Å². The molecule has 2 aliphatic carbocycles. The highest BCUT2D eigenvalue weighted by atomic mass is 16.4. The Bertz CT molecular complexity index is 249. The van der Waals surface area contributed by atoms with Gasteiger partial charge in [-0.25, -0.2) is 0 Å². The predicted molar refractivity (Wildman–Crippen MR) is 68.0 cm³/mol. The highest BCUT2D eigenvalue weighted by molar-refractivity contribution is 5.70. The van der Waals surface area contributed by atoms with Gasteiger partial charge in [-0.2, -0.15) is 0 Å². The van der Waals surface area contributed by atoms with Crippen LogP contribution >= 0.6 is 0 Å². The second-order valence-electron chi connectivity index (χ2n) is 5.81. The molecule has 2 fully saturated rings. The molecule has 0 radical (unpaired) electrons. The van der Waals surface area contributed by atoms with Gasteiger partial charge in [-0.3, -0.25) is 4.79 Å². The molecule has 0 bridgehead atoms. The fourth-order valence-electron chi connectivity index (χ4n) is 3.32. The number of hydrogen-bond acceptors (Lipinski definition) is 2. The van der Waals surface area contributed by atoms with E-state index in [2.05, 4.69) is 5.32 Å². The van der Waals surface area contributed by atoms with Gasteiger partial charge in [0.1, 0.15) is 0 Å². The van der Waals surface area contributed by atoms with E-state index in [0.29, 0.717) is 6.04 Å². The van der Waals surface area contributed by atoms with Crippen molar-refractivity contribution in [2.75, 3.05) is 6.54 Å². The number of nitrogens with one attached hydrogen (secondary N) is 1. The molecule has 2 saturated carbocycles. The Balaban J connectivity index is 1.69. The molecule has 0 saturated heterocycles. The van der Waals surface area contributed by atoms with Crippen molar-refractivity contribution >= 4 is 5.97 Å². The van der Waals surface area contributed by atoms with Crippen molar-refractivity contribution in [2.45, 2.75) is 63.8 Å². The number of carboxylic acid groups (broad SMARTS) is 1. The second-order valence-corrected chi connectivity index (χ2v) is 5.81. The van der Waals surface area contributed by atoms with Crippen LogP contribution in [0.25, 0.3) is 0 Å². The zero-order valence-corrected chi connectivity index (χ0v) is 10.7. The highest BCUT2D eigenvalue weighted by Gasteiger charge is 2.27. The lowest BCUT2D eigenvalue weighted by atomic mass is 9.84. The third kappa shape index (κ3) is 3.98. The summed E-state index contributed by atoms with van der Waals surface area (Å²) in [6.07, 6.45) is 10.8. The highest BCUT2D eigenvalue weighted by Crippen LogP contribution is 2.26. The molecular formula is C14H25NO2. The molecular weight excluding hydrogens is 214 g/mol. The molecule has 2 rings (SSSR count). The molecule has 17 heavy (non-hydrogen) atoms. The van der Waals surface area contributed by atoms with Crippen LogP contribution in [0.15, 0.2) is 0 Å². The smallest absolute Gasteiger partial charge is 0.306 e. The molecule has 0 aliphatic heterocycles. The molecule has 0 spiro atoms. The van der Waals surface area contributed by atoms with Crippen molar-refractivity contribution in [3.63, 3.8) is 0 Å². The Morgan fingerprint density at radius 1 is 1.06 bits per heavy atom. The van der Waals surface area contributed by atoms with Crippen LogP contribution in [0.2, 0.25) is 0 Å². The number of carboxylic acids is 1. The van der Waals surface area contributed by atoms with E-state index < -0.39 is 5.97 Å². The van der Waals surface area contributed by atoms with Crippen LogP contribution in [0, 0.1) is 11.8 Å². The van der Waals surface area contributed by atoms with Gasteiger partial charge in [0.05, 0.1) is 5.92 Å². The summed E-state index contributed by atoms with van der Waals surface area (Å²) in [5.74, 6) is 0.135. The summed E-state index contributed by atoms with van der Waals surface area (Å²) in [4.78, 5) is 11.0. The lowest BCUT2D eigenvalue weighted by molar-refractivity contribution is -0.143. The summed E-state index contributed by atoms with van der Waals surface area (Å²) in [6, 6.07) is 0.451. The first-order valence-corrected chi connectivity index (χ1v) is 7.22. The molecule has 0 aromatic heterocycles. The van der Waals surface area contributed by atoms with E-state index in [4.69, 9.17) is 5.11 Å². The quantitative estimate of drug-likeness (QED) is 0.793. The third-order valence-electron chi connectivity index (χ3n) is 4.44. The summed E-state index contributed by atoms with van der Waals surface area (Å²) < 4.78 is 0. The van der Waals surface area contributed by atoms with Crippen molar-refractivity contribution in [2.24, 2.45) is 11.8 Å². The number of aliphatic carboxylic acids is 1. The zero-order chi connectivity index (χ0) is 12.1. The lowest BCUT2D eigenvalue weighted by Gasteiger charge is -2.30. The Hall–Kier alpha value is -0.570. The molecule has 3 heteroatoms. The summed E-state index contributed by atoms with van der Waals surface area (Å²) >= 11 is 0. The summed E-state index contributed by atoms with van der Waals surface area (Å²) in [5.41, 5.74) is 0. The van der Waals surface area contributed by atoms with Crippen molar-refractivity contribution in [3.8, 4) is 0 Å². The minimum absolute atomic E-state index is 0.104. The average molecular weight is 239 g/mol. The summed E-state index contributed by atoms with van der Waals surface area (Å²) in [7, 11) is 0. The van der Waals surface area contributed by atoms with Gasteiger partial charge in [0.25, 0.3) is 0 Å². The van der Waals surface area contributed by atoms with Crippen molar-refractivity contribution in [3.05, 3.63) is 0 Å². The van der Waals surface area contributed by atoms with Crippen LogP contribution in [0.1, 0.15) is 57.8 Å². The van der Waals surface area contributed by atoms with Gasteiger partial charge in [-0.15, -0.1) is 0 Å². The van der Waals surface area contributed by atoms with Gasteiger partial charge in [0.15, 0.2) is 0 Å². The molecule has 2 atom stereocenters. The van der Waals surface area contributed by atoms with E-state index in [1.54, 1.807) is 0 Å². The van der Waals surface area contributed by atoms with Crippen molar-refractivity contribution < 1.29 is 9.90 Å². The molecule has 0 heterocycles. The van der Waals surface area contributed by atoms with Crippen LogP contribution in [0.3, 0.4) is 0 Å². The maximum atomic E-state index is 11.0. The van der Waals surface area contributed by atoms with E-state index in [1.165, 1.54) is 32.1 Å². The Morgan fingerprint density at radius 3 is 2.53 bits per heavy atom. The minimum Gasteiger partial charge on any atom is -0.481 e. The van der Waals surface area contributed by atoms with Gasteiger partial charge in [-0.1, -0.05) is 25.7 Å². The number of rotatable bonds is 4. The zero-order valence-electron chi connectivity index (χ0n) is 10.7. The third-order valence-corrected chi connectivity index (χ3v) is 4.44. The average Bonchev–Trinajstić information content (AvgIpc) is 2.38. The predicted octanol–water partition coefficient (Wildman–Crippen LogP) is 2.80. The van der Waals surface area contributed by atoms with Gasteiger partial charge in [-0.05, 0) is 44.6 Å². The minimum atomic E-state index is -0.603. The Labute approximate surface area is 104 Å². The number of carbonyl (C=O) groups is 1. The molecule has 0 aromatic carbocycles. The summed E-state index contributed by atoms with van der Waals surface area (Å²) in [6.45, 7) is 1.11. The van der Waals surface area contributed by atoms with Crippen LogP contribution in [0.4, 0.5) is 0 Å². The fraction of sp³-hybridized carbons (Fsp3) is 0.929. The van der Waals surface area contributed by atoms with Crippen LogP contribution in [-0.2, 0) is 4.79 Å². The SMILES string of the molecule is O=C(O)C1CCCC(NCC2CCCCC2)C1.